The Morgan fingerprint density at radius 3 is 2.52 bits per heavy atom. The van der Waals surface area contributed by atoms with Crippen LogP contribution < -0.4 is 4.90 Å². The van der Waals surface area contributed by atoms with Crippen molar-refractivity contribution in [3.8, 4) is 0 Å². The van der Waals surface area contributed by atoms with E-state index in [4.69, 9.17) is 0 Å². The molecule has 0 fully saturated rings. The molecule has 150 valence electrons. The molecule has 0 aliphatic heterocycles. The third kappa shape index (κ3) is 5.46. The fourth-order valence-corrected chi connectivity index (χ4v) is 3.78. The lowest BCUT2D eigenvalue weighted by Gasteiger charge is -2.19. The van der Waals surface area contributed by atoms with Crippen molar-refractivity contribution in [2.75, 3.05) is 32.1 Å². The van der Waals surface area contributed by atoms with Crippen molar-refractivity contribution < 1.29 is 9.72 Å². The van der Waals surface area contributed by atoms with Crippen molar-refractivity contribution >= 4 is 44.4 Å². The van der Waals surface area contributed by atoms with Gasteiger partial charge >= 0.3 is 0 Å². The molecule has 1 amide bonds. The predicted octanol–water partition coefficient (Wildman–Crippen LogP) is 4.20. The number of aromatic nitrogens is 1. The van der Waals surface area contributed by atoms with Crippen molar-refractivity contribution in [2.45, 2.75) is 6.42 Å². The zero-order chi connectivity index (χ0) is 20.8. The summed E-state index contributed by atoms with van der Waals surface area (Å²) < 4.78 is 1.03. The fourth-order valence-electron chi connectivity index (χ4n) is 2.79. The second kappa shape index (κ2) is 9.40. The van der Waals surface area contributed by atoms with E-state index in [2.05, 4.69) is 9.88 Å². The van der Waals surface area contributed by atoms with Crippen LogP contribution >= 0.6 is 11.3 Å². The predicted molar refractivity (Wildman–Crippen MR) is 117 cm³/mol. The van der Waals surface area contributed by atoms with Gasteiger partial charge in [0.2, 0.25) is 0 Å². The summed E-state index contributed by atoms with van der Waals surface area (Å²) in [5.41, 5.74) is 1.62. The fraction of sp³-hybridized carbons (Fsp3) is 0.238. The minimum absolute atomic E-state index is 0.0215. The first-order valence-corrected chi connectivity index (χ1v) is 10.00. The number of para-hydroxylation sites is 1. The monoisotopic (exact) mass is 410 g/mol. The van der Waals surface area contributed by atoms with Crippen LogP contribution in [0.4, 0.5) is 10.8 Å². The Bertz CT molecular complexity index is 995. The summed E-state index contributed by atoms with van der Waals surface area (Å²) >= 11 is 1.49. The first-order chi connectivity index (χ1) is 13.9. The average Bonchev–Trinajstić information content (AvgIpc) is 3.13. The summed E-state index contributed by atoms with van der Waals surface area (Å²) in [6.07, 6.45) is 3.97. The van der Waals surface area contributed by atoms with Crippen LogP contribution in [-0.4, -0.2) is 47.9 Å². The Morgan fingerprint density at radius 1 is 1.14 bits per heavy atom. The van der Waals surface area contributed by atoms with Crippen molar-refractivity contribution in [1.82, 2.24) is 9.88 Å². The lowest BCUT2D eigenvalue weighted by Crippen LogP contribution is -2.32. The molecule has 29 heavy (non-hydrogen) atoms. The first-order valence-electron chi connectivity index (χ1n) is 9.18. The molecular weight excluding hydrogens is 388 g/mol. The molecule has 1 heterocycles. The van der Waals surface area contributed by atoms with E-state index in [0.29, 0.717) is 11.7 Å². The van der Waals surface area contributed by atoms with Crippen LogP contribution in [-0.2, 0) is 4.79 Å². The molecule has 7 nitrogen and oxygen atoms in total. The molecule has 8 heteroatoms. The van der Waals surface area contributed by atoms with E-state index in [-0.39, 0.29) is 11.6 Å². The number of benzene rings is 2. The van der Waals surface area contributed by atoms with Crippen LogP contribution in [0, 0.1) is 10.1 Å². The highest BCUT2D eigenvalue weighted by Gasteiger charge is 2.17. The zero-order valence-electron chi connectivity index (χ0n) is 16.3. The van der Waals surface area contributed by atoms with Crippen LogP contribution in [0.1, 0.15) is 12.0 Å². The van der Waals surface area contributed by atoms with Gasteiger partial charge in [-0.15, -0.1) is 0 Å². The van der Waals surface area contributed by atoms with Crippen LogP contribution in [0.2, 0.25) is 0 Å². The second-order valence-corrected chi connectivity index (χ2v) is 7.80. The van der Waals surface area contributed by atoms with Gasteiger partial charge in [-0.25, -0.2) is 4.98 Å². The highest BCUT2D eigenvalue weighted by molar-refractivity contribution is 7.22. The number of nitro benzene ring substituents is 1. The average molecular weight is 410 g/mol. The molecule has 0 bridgehead atoms. The maximum atomic E-state index is 12.9. The highest BCUT2D eigenvalue weighted by Crippen LogP contribution is 2.29. The number of nitrogens with zero attached hydrogens (tertiary/aromatic N) is 4. The van der Waals surface area contributed by atoms with E-state index >= 15 is 0 Å². The van der Waals surface area contributed by atoms with Crippen molar-refractivity contribution in [3.05, 3.63) is 70.3 Å². The molecule has 0 aliphatic rings. The van der Waals surface area contributed by atoms with Gasteiger partial charge < -0.3 is 4.90 Å². The number of carbonyl (C=O) groups excluding carboxylic acids is 1. The van der Waals surface area contributed by atoms with Gasteiger partial charge in [0.15, 0.2) is 5.13 Å². The molecule has 0 spiro atoms. The smallest absolute Gasteiger partial charge is 0.269 e. The molecule has 2 aromatic carbocycles. The Labute approximate surface area is 173 Å². The first kappa shape index (κ1) is 20.6. The molecule has 0 radical (unpaired) electrons. The Morgan fingerprint density at radius 2 is 1.86 bits per heavy atom. The molecule has 0 unspecified atom stereocenters. The van der Waals surface area contributed by atoms with Gasteiger partial charge in [0, 0.05) is 24.8 Å². The SMILES string of the molecule is CN(C)CCCN(C(=O)C=Cc1ccc([N+](=O)[O-])cc1)c1nc2ccccc2s1. The molecule has 1 aromatic heterocycles. The van der Waals surface area contributed by atoms with Gasteiger partial charge in [-0.05, 0) is 63.0 Å². The molecule has 0 aliphatic carbocycles. The molecule has 3 rings (SSSR count). The molecule has 0 saturated carbocycles. The molecule has 0 saturated heterocycles. The van der Waals surface area contributed by atoms with Crippen LogP contribution in [0.5, 0.6) is 0 Å². The van der Waals surface area contributed by atoms with Crippen LogP contribution in [0.25, 0.3) is 16.3 Å². The van der Waals surface area contributed by atoms with Gasteiger partial charge in [-0.2, -0.15) is 0 Å². The van der Waals surface area contributed by atoms with Crippen LogP contribution in [0.3, 0.4) is 0 Å². The Kier molecular flexibility index (Phi) is 6.69. The number of fused-ring (bicyclic) bond motifs is 1. The van der Waals surface area contributed by atoms with E-state index < -0.39 is 4.92 Å². The number of hydrogen-bond acceptors (Lipinski definition) is 6. The molecular formula is C21H22N4O3S. The maximum Gasteiger partial charge on any atom is 0.269 e. The summed E-state index contributed by atoms with van der Waals surface area (Å²) in [5, 5.41) is 11.4. The number of carbonyl (C=O) groups is 1. The van der Waals surface area contributed by atoms with E-state index in [1.807, 2.05) is 38.4 Å². The van der Waals surface area contributed by atoms with Crippen molar-refractivity contribution in [1.29, 1.82) is 0 Å². The number of anilines is 1. The van der Waals surface area contributed by atoms with Gasteiger partial charge in [0.1, 0.15) is 0 Å². The van der Waals surface area contributed by atoms with Crippen LogP contribution in [0.15, 0.2) is 54.6 Å². The topological polar surface area (TPSA) is 79.6 Å². The minimum atomic E-state index is -0.446. The maximum absolute atomic E-state index is 12.9. The third-order valence-electron chi connectivity index (χ3n) is 4.29. The normalized spacial score (nSPS) is 11.4. The minimum Gasteiger partial charge on any atom is -0.309 e. The van der Waals surface area contributed by atoms with Gasteiger partial charge in [-0.3, -0.25) is 19.8 Å². The standard InChI is InChI=1S/C21H22N4O3S/c1-23(2)14-5-15-24(21-22-18-6-3-4-7-19(18)29-21)20(26)13-10-16-8-11-17(12-9-16)25(27)28/h3-4,6-13H,5,14-15H2,1-2H3. The zero-order valence-corrected chi connectivity index (χ0v) is 17.1. The summed E-state index contributed by atoms with van der Waals surface area (Å²) in [6.45, 7) is 1.42. The van der Waals surface area contributed by atoms with Crippen molar-refractivity contribution in [3.63, 3.8) is 0 Å². The highest BCUT2D eigenvalue weighted by atomic mass is 32.1. The third-order valence-corrected chi connectivity index (χ3v) is 5.35. The Hall–Kier alpha value is -3.10. The summed E-state index contributed by atoms with van der Waals surface area (Å²) in [7, 11) is 4.00. The number of non-ortho nitro benzene ring substituents is 1. The van der Waals surface area contributed by atoms with E-state index in [9.17, 15) is 14.9 Å². The largest absolute Gasteiger partial charge is 0.309 e. The summed E-state index contributed by atoms with van der Waals surface area (Å²) in [6, 6.07) is 13.9. The van der Waals surface area contributed by atoms with Crippen molar-refractivity contribution in [2.24, 2.45) is 0 Å². The van der Waals surface area contributed by atoms with E-state index in [1.54, 1.807) is 23.1 Å². The second-order valence-electron chi connectivity index (χ2n) is 6.79. The molecule has 0 N–H and O–H groups in total. The summed E-state index contributed by atoms with van der Waals surface area (Å²) in [4.78, 5) is 31.6. The molecule has 0 atom stereocenters. The lowest BCUT2D eigenvalue weighted by molar-refractivity contribution is -0.384. The van der Waals surface area contributed by atoms with E-state index in [0.717, 1.165) is 28.7 Å². The van der Waals surface area contributed by atoms with Gasteiger partial charge in [0.05, 0.1) is 15.1 Å². The number of rotatable bonds is 8. The number of thiazole rings is 1. The number of nitro groups is 1. The lowest BCUT2D eigenvalue weighted by atomic mass is 10.2. The quantitative estimate of drug-likeness (QED) is 0.316. The van der Waals surface area contributed by atoms with Gasteiger partial charge in [0.25, 0.3) is 11.6 Å². The Balaban J connectivity index is 1.80. The number of amides is 1. The van der Waals surface area contributed by atoms with E-state index in [1.165, 1.54) is 29.5 Å². The summed E-state index contributed by atoms with van der Waals surface area (Å²) in [5.74, 6) is -0.166. The number of hydrogen-bond donors (Lipinski definition) is 0. The molecule has 3 aromatic rings. The van der Waals surface area contributed by atoms with Gasteiger partial charge in [-0.1, -0.05) is 23.5 Å².